The molecule has 0 saturated carbocycles. The van der Waals surface area contributed by atoms with Crippen LogP contribution in [0.25, 0.3) is 0 Å². The predicted octanol–water partition coefficient (Wildman–Crippen LogP) is 2.81. The van der Waals surface area contributed by atoms with E-state index in [1.807, 2.05) is 0 Å². The topological polar surface area (TPSA) is 48.1 Å². The molecule has 112 valence electrons. The lowest BCUT2D eigenvalue weighted by Gasteiger charge is -2.10. The van der Waals surface area contributed by atoms with E-state index in [4.69, 9.17) is 10.5 Å². The molecule has 2 rings (SSSR count). The molecular weight excluding hydrogens is 295 g/mol. The Morgan fingerprint density at radius 1 is 0.952 bits per heavy atom. The third-order valence-electron chi connectivity index (χ3n) is 2.64. The van der Waals surface area contributed by atoms with Crippen LogP contribution < -0.4 is 10.5 Å². The van der Waals surface area contributed by atoms with Crippen molar-refractivity contribution < 1.29 is 26.7 Å². The van der Waals surface area contributed by atoms with Crippen LogP contribution >= 0.6 is 0 Å². The fraction of sp³-hybridized carbons (Fsp3) is 0.154. The van der Waals surface area contributed by atoms with E-state index in [0.29, 0.717) is 11.3 Å². The largest absolute Gasteiger partial charge is 0.483 e. The van der Waals surface area contributed by atoms with Gasteiger partial charge in [0.25, 0.3) is 0 Å². The van der Waals surface area contributed by atoms with E-state index in [1.165, 1.54) is 18.3 Å². The molecular formula is C13H9F5N2O. The molecule has 3 nitrogen and oxygen atoms in total. The van der Waals surface area contributed by atoms with E-state index in [2.05, 4.69) is 4.98 Å². The van der Waals surface area contributed by atoms with Gasteiger partial charge < -0.3 is 10.5 Å². The standard InChI is InChI=1S/C13H9F5N2O/c14-8-9(15)11(17)13(12(18)10(8)16)21-5-6-1-2-20-7(3-6)4-19/h1-3H,4-5,19H2. The lowest BCUT2D eigenvalue weighted by atomic mass is 10.2. The zero-order chi connectivity index (χ0) is 15.6. The van der Waals surface area contributed by atoms with Gasteiger partial charge in [-0.3, -0.25) is 4.98 Å². The minimum Gasteiger partial charge on any atom is -0.483 e. The molecule has 0 spiro atoms. The van der Waals surface area contributed by atoms with Crippen LogP contribution in [0.1, 0.15) is 11.3 Å². The smallest absolute Gasteiger partial charge is 0.207 e. The van der Waals surface area contributed by atoms with E-state index in [-0.39, 0.29) is 6.54 Å². The molecule has 0 bridgehead atoms. The molecule has 0 fully saturated rings. The molecule has 8 heteroatoms. The Hall–Kier alpha value is -2.22. The fourth-order valence-corrected chi connectivity index (χ4v) is 1.60. The van der Waals surface area contributed by atoms with Gasteiger partial charge in [-0.15, -0.1) is 0 Å². The second-order valence-electron chi connectivity index (χ2n) is 4.05. The first-order valence-electron chi connectivity index (χ1n) is 5.73. The number of hydrogen-bond acceptors (Lipinski definition) is 3. The van der Waals surface area contributed by atoms with Gasteiger partial charge in [-0.1, -0.05) is 0 Å². The second-order valence-corrected chi connectivity index (χ2v) is 4.05. The van der Waals surface area contributed by atoms with Crippen LogP contribution in [-0.4, -0.2) is 4.98 Å². The van der Waals surface area contributed by atoms with Gasteiger partial charge in [-0.05, 0) is 17.7 Å². The molecule has 1 heterocycles. The van der Waals surface area contributed by atoms with Gasteiger partial charge in [-0.25, -0.2) is 13.2 Å². The number of nitrogens with zero attached hydrogens (tertiary/aromatic N) is 1. The summed E-state index contributed by atoms with van der Waals surface area (Å²) in [6, 6.07) is 2.96. The monoisotopic (exact) mass is 304 g/mol. The van der Waals surface area contributed by atoms with Gasteiger partial charge in [-0.2, -0.15) is 8.78 Å². The van der Waals surface area contributed by atoms with Crippen molar-refractivity contribution in [1.29, 1.82) is 0 Å². The van der Waals surface area contributed by atoms with Crippen LogP contribution in [0, 0.1) is 29.1 Å². The van der Waals surface area contributed by atoms with Gasteiger partial charge in [0, 0.05) is 12.7 Å². The normalized spacial score (nSPS) is 10.8. The molecule has 0 aliphatic carbocycles. The van der Waals surface area contributed by atoms with E-state index >= 15 is 0 Å². The van der Waals surface area contributed by atoms with Gasteiger partial charge in [0.1, 0.15) is 6.61 Å². The molecule has 2 N–H and O–H groups in total. The summed E-state index contributed by atoms with van der Waals surface area (Å²) < 4.78 is 70.3. The van der Waals surface area contributed by atoms with E-state index < -0.39 is 41.4 Å². The van der Waals surface area contributed by atoms with Crippen molar-refractivity contribution in [3.63, 3.8) is 0 Å². The van der Waals surface area contributed by atoms with Crippen LogP contribution in [0.5, 0.6) is 5.75 Å². The van der Waals surface area contributed by atoms with Crippen LogP contribution in [-0.2, 0) is 13.2 Å². The Morgan fingerprint density at radius 2 is 1.52 bits per heavy atom. The lowest BCUT2D eigenvalue weighted by Crippen LogP contribution is -2.07. The van der Waals surface area contributed by atoms with Gasteiger partial charge >= 0.3 is 0 Å². The number of pyridine rings is 1. The maximum absolute atomic E-state index is 13.4. The Balaban J connectivity index is 2.28. The summed E-state index contributed by atoms with van der Waals surface area (Å²) in [6.45, 7) is -0.260. The predicted molar refractivity (Wildman–Crippen MR) is 62.7 cm³/mol. The summed E-state index contributed by atoms with van der Waals surface area (Å²) in [6.07, 6.45) is 1.39. The SMILES string of the molecule is NCc1cc(COc2c(F)c(F)c(F)c(F)c2F)ccn1. The molecule has 21 heavy (non-hydrogen) atoms. The quantitative estimate of drug-likeness (QED) is 0.537. The van der Waals surface area contributed by atoms with Crippen molar-refractivity contribution in [2.45, 2.75) is 13.2 Å². The summed E-state index contributed by atoms with van der Waals surface area (Å²) in [5.41, 5.74) is 6.29. The molecule has 0 atom stereocenters. The summed E-state index contributed by atoms with van der Waals surface area (Å²) >= 11 is 0. The highest BCUT2D eigenvalue weighted by molar-refractivity contribution is 5.30. The second kappa shape index (κ2) is 6.04. The Morgan fingerprint density at radius 3 is 2.10 bits per heavy atom. The molecule has 2 aromatic rings. The fourth-order valence-electron chi connectivity index (χ4n) is 1.60. The zero-order valence-electron chi connectivity index (χ0n) is 10.5. The van der Waals surface area contributed by atoms with Crippen molar-refractivity contribution in [3.8, 4) is 5.75 Å². The van der Waals surface area contributed by atoms with Gasteiger partial charge in [0.05, 0.1) is 5.69 Å². The molecule has 0 unspecified atom stereocenters. The minimum atomic E-state index is -2.23. The van der Waals surface area contributed by atoms with E-state index in [0.717, 1.165) is 0 Å². The average molecular weight is 304 g/mol. The molecule has 1 aromatic heterocycles. The molecule has 0 aliphatic heterocycles. The zero-order valence-corrected chi connectivity index (χ0v) is 10.5. The average Bonchev–Trinajstić information content (AvgIpc) is 2.51. The van der Waals surface area contributed by atoms with E-state index in [9.17, 15) is 22.0 Å². The molecule has 1 aromatic carbocycles. The molecule has 0 aliphatic rings. The number of halogens is 5. The van der Waals surface area contributed by atoms with Crippen LogP contribution in [0.15, 0.2) is 18.3 Å². The maximum Gasteiger partial charge on any atom is 0.207 e. The highest BCUT2D eigenvalue weighted by Gasteiger charge is 2.26. The van der Waals surface area contributed by atoms with Crippen molar-refractivity contribution >= 4 is 0 Å². The summed E-state index contributed by atoms with van der Waals surface area (Å²) in [5, 5.41) is 0. The van der Waals surface area contributed by atoms with Crippen LogP contribution in [0.4, 0.5) is 22.0 Å². The highest BCUT2D eigenvalue weighted by Crippen LogP contribution is 2.29. The number of benzene rings is 1. The lowest BCUT2D eigenvalue weighted by molar-refractivity contribution is 0.253. The third-order valence-corrected chi connectivity index (χ3v) is 2.64. The first-order chi connectivity index (χ1) is 9.95. The first kappa shape index (κ1) is 15.2. The Labute approximate surface area is 116 Å². The molecule has 0 saturated heterocycles. The summed E-state index contributed by atoms with van der Waals surface area (Å²) in [7, 11) is 0. The van der Waals surface area contributed by atoms with Crippen molar-refractivity contribution in [2.75, 3.05) is 0 Å². The number of hydrogen-bond donors (Lipinski definition) is 1. The maximum atomic E-state index is 13.4. The van der Waals surface area contributed by atoms with Gasteiger partial charge in [0.2, 0.25) is 29.1 Å². The summed E-state index contributed by atoms with van der Waals surface area (Å²) in [5.74, 6) is -11.7. The molecule has 0 radical (unpaired) electrons. The molecule has 0 amide bonds. The summed E-state index contributed by atoms with van der Waals surface area (Å²) in [4.78, 5) is 3.89. The number of ether oxygens (including phenoxy) is 1. The number of aromatic nitrogens is 1. The van der Waals surface area contributed by atoms with Crippen molar-refractivity contribution in [2.24, 2.45) is 5.73 Å². The number of rotatable bonds is 4. The van der Waals surface area contributed by atoms with E-state index in [1.54, 1.807) is 0 Å². The Kier molecular flexibility index (Phi) is 4.37. The van der Waals surface area contributed by atoms with Crippen molar-refractivity contribution in [3.05, 3.63) is 58.7 Å². The third kappa shape index (κ3) is 2.94. The Bertz CT molecular complexity index is 649. The van der Waals surface area contributed by atoms with Crippen LogP contribution in [0.3, 0.4) is 0 Å². The number of nitrogens with two attached hydrogens (primary N) is 1. The van der Waals surface area contributed by atoms with Crippen LogP contribution in [0.2, 0.25) is 0 Å². The highest BCUT2D eigenvalue weighted by atomic mass is 19.2. The first-order valence-corrected chi connectivity index (χ1v) is 5.73. The minimum absolute atomic E-state index is 0.135. The van der Waals surface area contributed by atoms with Crippen molar-refractivity contribution in [1.82, 2.24) is 4.98 Å². The van der Waals surface area contributed by atoms with Gasteiger partial charge in [0.15, 0.2) is 5.75 Å².